The number of Topliss-reactive ketones (excluding diaryl/α,β-unsaturated/α-hetero) is 1. The largest absolute Gasteiger partial charge is 0.396 e. The van der Waals surface area contributed by atoms with Gasteiger partial charge in [-0.2, -0.15) is 0 Å². The number of carbonyl (C=O) groups is 1. The van der Waals surface area contributed by atoms with E-state index in [4.69, 9.17) is 5.73 Å². The predicted octanol–water partition coefficient (Wildman–Crippen LogP) is 10.4. The van der Waals surface area contributed by atoms with Crippen molar-refractivity contribution in [3.63, 3.8) is 0 Å². The topological polar surface area (TPSA) is 78.6 Å². The third-order valence-corrected chi connectivity index (χ3v) is 10.1. The summed E-state index contributed by atoms with van der Waals surface area (Å²) in [4.78, 5) is 14.5. The van der Waals surface area contributed by atoms with Crippen LogP contribution in [-0.2, 0) is 4.79 Å². The Morgan fingerprint density at radius 1 is 0.644 bits per heavy atom. The van der Waals surface area contributed by atoms with Gasteiger partial charge in [0.05, 0.1) is 11.8 Å². The molecule has 0 aliphatic heterocycles. The Bertz CT molecular complexity index is 749. The first-order chi connectivity index (χ1) is 21.9. The minimum atomic E-state index is -0.138. The standard InChI is InChI=1S/C40H77N3O2/c1-5-8-10-12-15-20-27-36(28-21-16-13-11-9-6-2)29-22-17-14-18-24-32-43(33-25-19-23-30-37(44)7-3)34-26-31-42-39-38(41)35(4)40(39)45/h36-37,42,44H,4-34,41H2,1-3H3. The SMILES string of the molecule is C=C1C(=O)C(NCCCN(CCCCCCCC(CCCCCCCC)CCCCCCCC)CCCCCC(O)CC)=C1N. The second kappa shape index (κ2) is 28.9. The van der Waals surface area contributed by atoms with Crippen LogP contribution in [0.2, 0.25) is 0 Å². The van der Waals surface area contributed by atoms with Gasteiger partial charge in [-0.15, -0.1) is 0 Å². The third-order valence-electron chi connectivity index (χ3n) is 10.1. The van der Waals surface area contributed by atoms with Crippen molar-refractivity contribution >= 4 is 5.78 Å². The maximum atomic E-state index is 11.9. The van der Waals surface area contributed by atoms with E-state index in [1.54, 1.807) is 0 Å². The summed E-state index contributed by atoms with van der Waals surface area (Å²) in [6.07, 6.45) is 34.3. The van der Waals surface area contributed by atoms with Crippen LogP contribution in [0.25, 0.3) is 0 Å². The summed E-state index contributed by atoms with van der Waals surface area (Å²) in [7, 11) is 0. The van der Waals surface area contributed by atoms with Crippen LogP contribution in [0.5, 0.6) is 0 Å². The monoisotopic (exact) mass is 632 g/mol. The number of aliphatic hydroxyl groups is 1. The van der Waals surface area contributed by atoms with E-state index >= 15 is 0 Å². The normalized spacial score (nSPS) is 14.2. The average Bonchev–Trinajstić information content (AvgIpc) is 3.05. The first-order valence-electron chi connectivity index (χ1n) is 19.8. The van der Waals surface area contributed by atoms with E-state index in [2.05, 4.69) is 37.6 Å². The number of unbranched alkanes of at least 4 members (excludes halogenated alkanes) is 16. The highest BCUT2D eigenvalue weighted by Gasteiger charge is 2.29. The maximum absolute atomic E-state index is 11.9. The zero-order chi connectivity index (χ0) is 33.0. The molecule has 1 unspecified atom stereocenters. The minimum Gasteiger partial charge on any atom is -0.396 e. The predicted molar refractivity (Wildman–Crippen MR) is 196 cm³/mol. The Labute approximate surface area is 280 Å². The lowest BCUT2D eigenvalue weighted by molar-refractivity contribution is -0.113. The number of ketones is 1. The average molecular weight is 632 g/mol. The molecule has 0 aromatic heterocycles. The smallest absolute Gasteiger partial charge is 0.212 e. The molecule has 0 saturated carbocycles. The van der Waals surface area contributed by atoms with Crippen LogP contribution < -0.4 is 11.1 Å². The summed E-state index contributed by atoms with van der Waals surface area (Å²) in [5.74, 6) is 0.930. The lowest BCUT2D eigenvalue weighted by Gasteiger charge is -2.25. The van der Waals surface area contributed by atoms with Crippen LogP contribution in [0.15, 0.2) is 23.5 Å². The van der Waals surface area contributed by atoms with Gasteiger partial charge in [0, 0.05) is 12.1 Å². The fraction of sp³-hybridized carbons (Fsp3) is 0.875. The zero-order valence-corrected chi connectivity index (χ0v) is 30.5. The first-order valence-corrected chi connectivity index (χ1v) is 19.8. The van der Waals surface area contributed by atoms with E-state index in [0.29, 0.717) is 17.0 Å². The van der Waals surface area contributed by atoms with E-state index in [0.717, 1.165) is 57.8 Å². The van der Waals surface area contributed by atoms with Crippen LogP contribution >= 0.6 is 0 Å². The molecule has 1 atom stereocenters. The highest BCUT2D eigenvalue weighted by atomic mass is 16.3. The van der Waals surface area contributed by atoms with Crippen molar-refractivity contribution in [2.45, 2.75) is 194 Å². The molecule has 0 bridgehead atoms. The molecule has 0 aromatic rings. The number of nitrogens with two attached hydrogens (primary N) is 1. The van der Waals surface area contributed by atoms with Crippen molar-refractivity contribution < 1.29 is 9.90 Å². The number of allylic oxidation sites excluding steroid dienone is 2. The number of aliphatic hydroxyl groups excluding tert-OH is 1. The summed E-state index contributed by atoms with van der Waals surface area (Å²) in [6.45, 7) is 14.5. The molecule has 0 saturated heterocycles. The van der Waals surface area contributed by atoms with Gasteiger partial charge in [0.2, 0.25) is 5.78 Å². The van der Waals surface area contributed by atoms with Crippen molar-refractivity contribution in [3.05, 3.63) is 23.5 Å². The number of hydrogen-bond donors (Lipinski definition) is 3. The van der Waals surface area contributed by atoms with Gasteiger partial charge in [-0.25, -0.2) is 0 Å². The van der Waals surface area contributed by atoms with E-state index in [1.165, 1.54) is 141 Å². The van der Waals surface area contributed by atoms with Crippen LogP contribution in [-0.4, -0.2) is 48.1 Å². The molecule has 0 amide bonds. The lowest BCUT2D eigenvalue weighted by atomic mass is 9.89. The van der Waals surface area contributed by atoms with E-state index in [9.17, 15) is 9.90 Å². The van der Waals surface area contributed by atoms with Gasteiger partial charge >= 0.3 is 0 Å². The molecular formula is C40H77N3O2. The number of rotatable bonds is 34. The van der Waals surface area contributed by atoms with E-state index < -0.39 is 0 Å². The Kier molecular flexibility index (Phi) is 26.7. The van der Waals surface area contributed by atoms with Crippen molar-refractivity contribution in [2.24, 2.45) is 11.7 Å². The molecule has 0 fully saturated rings. The minimum absolute atomic E-state index is 0.0326. The van der Waals surface area contributed by atoms with Crippen molar-refractivity contribution in [1.82, 2.24) is 10.2 Å². The van der Waals surface area contributed by atoms with Crippen LogP contribution in [0.4, 0.5) is 0 Å². The fourth-order valence-corrected chi connectivity index (χ4v) is 6.77. The van der Waals surface area contributed by atoms with E-state index in [-0.39, 0.29) is 11.9 Å². The van der Waals surface area contributed by atoms with Gasteiger partial charge in [-0.1, -0.05) is 162 Å². The fourth-order valence-electron chi connectivity index (χ4n) is 6.77. The summed E-state index contributed by atoms with van der Waals surface area (Å²) in [5, 5.41) is 13.1. The third kappa shape index (κ3) is 21.2. The summed E-state index contributed by atoms with van der Waals surface area (Å²) < 4.78 is 0. The summed E-state index contributed by atoms with van der Waals surface area (Å²) in [5.41, 5.74) is 7.44. The molecule has 0 spiro atoms. The molecular weight excluding hydrogens is 554 g/mol. The Morgan fingerprint density at radius 2 is 1.07 bits per heavy atom. The van der Waals surface area contributed by atoms with Crippen LogP contribution in [0.1, 0.15) is 188 Å². The Balaban J connectivity index is 2.32. The summed E-state index contributed by atoms with van der Waals surface area (Å²) in [6, 6.07) is 0. The van der Waals surface area contributed by atoms with Gasteiger partial charge in [0.1, 0.15) is 5.70 Å². The molecule has 0 aromatic carbocycles. The molecule has 0 radical (unpaired) electrons. The molecule has 0 heterocycles. The molecule has 1 aliphatic rings. The van der Waals surface area contributed by atoms with Crippen LogP contribution in [0, 0.1) is 5.92 Å². The number of nitrogens with one attached hydrogen (secondary N) is 1. The van der Waals surface area contributed by atoms with Gasteiger partial charge in [-0.3, -0.25) is 4.79 Å². The number of hydrogen-bond acceptors (Lipinski definition) is 5. The molecule has 4 N–H and O–H groups in total. The molecule has 1 rings (SSSR count). The number of nitrogens with zero attached hydrogens (tertiary/aromatic N) is 1. The molecule has 5 nitrogen and oxygen atoms in total. The highest BCUT2D eigenvalue weighted by Crippen LogP contribution is 2.25. The summed E-state index contributed by atoms with van der Waals surface area (Å²) >= 11 is 0. The van der Waals surface area contributed by atoms with Gasteiger partial charge in [0.25, 0.3) is 0 Å². The second-order valence-corrected chi connectivity index (χ2v) is 14.2. The Morgan fingerprint density at radius 3 is 1.56 bits per heavy atom. The van der Waals surface area contributed by atoms with Gasteiger partial charge in [-0.05, 0) is 57.7 Å². The van der Waals surface area contributed by atoms with Crippen molar-refractivity contribution in [3.8, 4) is 0 Å². The molecule has 264 valence electrons. The lowest BCUT2D eigenvalue weighted by Crippen LogP contribution is -2.37. The van der Waals surface area contributed by atoms with Crippen molar-refractivity contribution in [1.29, 1.82) is 0 Å². The van der Waals surface area contributed by atoms with Crippen molar-refractivity contribution in [2.75, 3.05) is 26.2 Å². The zero-order valence-electron chi connectivity index (χ0n) is 30.5. The molecule has 45 heavy (non-hydrogen) atoms. The highest BCUT2D eigenvalue weighted by molar-refractivity contribution is 6.18. The quantitative estimate of drug-likeness (QED) is 0.0486. The van der Waals surface area contributed by atoms with Gasteiger partial charge in [0.15, 0.2) is 0 Å². The number of carbonyl (C=O) groups excluding carboxylic acids is 1. The Hall–Kier alpha value is -1.33. The second-order valence-electron chi connectivity index (χ2n) is 14.2. The van der Waals surface area contributed by atoms with Crippen LogP contribution in [0.3, 0.4) is 0 Å². The maximum Gasteiger partial charge on any atom is 0.212 e. The van der Waals surface area contributed by atoms with Gasteiger partial charge < -0.3 is 21.1 Å². The molecule has 5 heteroatoms. The van der Waals surface area contributed by atoms with E-state index in [1.807, 2.05) is 0 Å². The molecule has 1 aliphatic carbocycles. The first kappa shape index (κ1) is 41.7.